The Morgan fingerprint density at radius 3 is 2.32 bits per heavy atom. The number of ether oxygens (including phenoxy) is 1. The number of carbonyl (C=O) groups is 3. The summed E-state index contributed by atoms with van der Waals surface area (Å²) >= 11 is 3.39. The summed E-state index contributed by atoms with van der Waals surface area (Å²) in [5.74, 6) is -1.08. The van der Waals surface area contributed by atoms with Crippen molar-refractivity contribution >= 4 is 45.6 Å². The number of para-hydroxylation sites is 1. The molecule has 0 fully saturated rings. The minimum absolute atomic E-state index is 0.241. The van der Waals surface area contributed by atoms with Crippen molar-refractivity contribution in [3.05, 3.63) is 129 Å². The van der Waals surface area contributed by atoms with E-state index >= 15 is 0 Å². The highest BCUT2D eigenvalue weighted by Gasteiger charge is 2.15. The molecule has 0 unspecified atom stereocenters. The number of aryl methyl sites for hydroxylation is 1. The lowest BCUT2D eigenvalue weighted by Gasteiger charge is -2.10. The van der Waals surface area contributed by atoms with Crippen molar-refractivity contribution in [3.8, 4) is 5.75 Å². The van der Waals surface area contributed by atoms with Gasteiger partial charge in [0.1, 0.15) is 5.75 Å². The average molecular weight is 556 g/mol. The summed E-state index contributed by atoms with van der Waals surface area (Å²) in [4.78, 5) is 38.0. The van der Waals surface area contributed by atoms with Gasteiger partial charge in [-0.1, -0.05) is 64.0 Å². The van der Waals surface area contributed by atoms with E-state index < -0.39 is 11.9 Å². The normalized spacial score (nSPS) is 10.6. The van der Waals surface area contributed by atoms with Crippen LogP contribution in [0.4, 0.5) is 5.69 Å². The van der Waals surface area contributed by atoms with Gasteiger partial charge >= 0.3 is 5.97 Å². The summed E-state index contributed by atoms with van der Waals surface area (Å²) in [5.41, 5.74) is 5.38. The van der Waals surface area contributed by atoms with Crippen LogP contribution >= 0.6 is 15.9 Å². The lowest BCUT2D eigenvalue weighted by atomic mass is 10.1. The van der Waals surface area contributed by atoms with Crippen molar-refractivity contribution in [1.82, 2.24) is 5.43 Å². The Hall–Kier alpha value is -4.56. The van der Waals surface area contributed by atoms with Gasteiger partial charge in [0.2, 0.25) is 0 Å². The molecule has 4 rings (SSSR count). The zero-order chi connectivity index (χ0) is 26.2. The highest BCUT2D eigenvalue weighted by atomic mass is 79.9. The topological polar surface area (TPSA) is 96.9 Å². The largest absolute Gasteiger partial charge is 0.422 e. The number of amides is 2. The Bertz CT molecular complexity index is 1490. The minimum atomic E-state index is -0.519. The van der Waals surface area contributed by atoms with Crippen molar-refractivity contribution < 1.29 is 19.1 Å². The number of hydrogen-bond donors (Lipinski definition) is 2. The molecule has 4 aromatic carbocycles. The Kier molecular flexibility index (Phi) is 8.22. The van der Waals surface area contributed by atoms with Crippen molar-refractivity contribution in [3.63, 3.8) is 0 Å². The highest BCUT2D eigenvalue weighted by molar-refractivity contribution is 9.10. The number of hydrazone groups is 1. The number of nitrogens with one attached hydrogen (secondary N) is 2. The van der Waals surface area contributed by atoms with Crippen molar-refractivity contribution in [2.45, 2.75) is 6.92 Å². The van der Waals surface area contributed by atoms with Crippen LogP contribution in [0.5, 0.6) is 5.75 Å². The first-order valence-corrected chi connectivity index (χ1v) is 12.1. The maximum atomic E-state index is 12.9. The fourth-order valence-corrected chi connectivity index (χ4v) is 3.82. The van der Waals surface area contributed by atoms with Crippen LogP contribution in [0.15, 0.2) is 107 Å². The predicted octanol–water partition coefficient (Wildman–Crippen LogP) is 5.99. The molecular weight excluding hydrogens is 534 g/mol. The maximum Gasteiger partial charge on any atom is 0.343 e. The minimum Gasteiger partial charge on any atom is -0.422 e. The van der Waals surface area contributed by atoms with E-state index in [1.165, 1.54) is 6.21 Å². The number of esters is 1. The molecule has 0 radical (unpaired) electrons. The van der Waals surface area contributed by atoms with Gasteiger partial charge in [0.05, 0.1) is 23.0 Å². The first-order chi connectivity index (χ1) is 17.9. The number of benzene rings is 4. The molecule has 0 atom stereocenters. The van der Waals surface area contributed by atoms with Gasteiger partial charge in [0.15, 0.2) is 0 Å². The molecule has 0 saturated carbocycles. The second-order valence-corrected chi connectivity index (χ2v) is 8.92. The van der Waals surface area contributed by atoms with Crippen LogP contribution in [0.1, 0.15) is 42.2 Å². The third-order valence-electron chi connectivity index (χ3n) is 5.25. The van der Waals surface area contributed by atoms with Gasteiger partial charge in [0.25, 0.3) is 11.8 Å². The molecule has 37 heavy (non-hydrogen) atoms. The van der Waals surface area contributed by atoms with Gasteiger partial charge in [-0.05, 0) is 61.5 Å². The number of carbonyl (C=O) groups excluding carboxylic acids is 3. The lowest BCUT2D eigenvalue weighted by molar-refractivity contribution is 0.0733. The van der Waals surface area contributed by atoms with Crippen LogP contribution in [0.3, 0.4) is 0 Å². The first kappa shape index (κ1) is 25.5. The van der Waals surface area contributed by atoms with Crippen LogP contribution in [0.2, 0.25) is 0 Å². The molecule has 184 valence electrons. The van der Waals surface area contributed by atoms with Crippen molar-refractivity contribution in [1.29, 1.82) is 0 Å². The van der Waals surface area contributed by atoms with Crippen LogP contribution in [-0.2, 0) is 0 Å². The molecule has 0 aliphatic carbocycles. The zero-order valence-electron chi connectivity index (χ0n) is 19.8. The lowest BCUT2D eigenvalue weighted by Crippen LogP contribution is -2.21. The summed E-state index contributed by atoms with van der Waals surface area (Å²) in [6.45, 7) is 1.90. The standard InChI is InChI=1S/C29H22BrN3O4/c1-19-8-7-11-21(16-19)27(34)32-25-13-6-5-12-24(25)28(35)33-31-18-22-17-23(30)14-15-26(22)37-29(36)20-9-3-2-4-10-20/h2-18H,1H3,(H,32,34)(H,33,35)/b31-18-. The third kappa shape index (κ3) is 6.77. The zero-order valence-corrected chi connectivity index (χ0v) is 21.4. The monoisotopic (exact) mass is 555 g/mol. The fraction of sp³-hybridized carbons (Fsp3) is 0.0345. The molecule has 8 heteroatoms. The van der Waals surface area contributed by atoms with Crippen molar-refractivity contribution in [2.75, 3.05) is 5.32 Å². The molecular formula is C29H22BrN3O4. The van der Waals surface area contributed by atoms with Gasteiger partial charge in [0, 0.05) is 15.6 Å². The molecule has 4 aromatic rings. The fourth-order valence-electron chi connectivity index (χ4n) is 3.44. The molecule has 2 N–H and O–H groups in total. The maximum absolute atomic E-state index is 12.9. The van der Waals surface area contributed by atoms with Crippen LogP contribution in [-0.4, -0.2) is 24.0 Å². The molecule has 0 saturated heterocycles. The first-order valence-electron chi connectivity index (χ1n) is 11.3. The second-order valence-electron chi connectivity index (χ2n) is 8.01. The molecule has 0 bridgehead atoms. The number of halogens is 1. The summed E-state index contributed by atoms with van der Waals surface area (Å²) < 4.78 is 6.27. The van der Waals surface area contributed by atoms with E-state index in [1.807, 2.05) is 19.1 Å². The number of anilines is 1. The quantitative estimate of drug-likeness (QED) is 0.126. The number of rotatable bonds is 7. The van der Waals surface area contributed by atoms with E-state index in [2.05, 4.69) is 31.8 Å². The molecule has 0 spiro atoms. The number of hydrogen-bond acceptors (Lipinski definition) is 5. The highest BCUT2D eigenvalue weighted by Crippen LogP contribution is 2.23. The van der Waals surface area contributed by atoms with E-state index in [9.17, 15) is 14.4 Å². The Labute approximate surface area is 222 Å². The Morgan fingerprint density at radius 1 is 0.811 bits per heavy atom. The van der Waals surface area contributed by atoms with Crippen molar-refractivity contribution in [2.24, 2.45) is 5.10 Å². The van der Waals surface area contributed by atoms with Crippen LogP contribution in [0, 0.1) is 6.92 Å². The molecule has 7 nitrogen and oxygen atoms in total. The smallest absolute Gasteiger partial charge is 0.343 e. The van der Waals surface area contributed by atoms with Gasteiger partial charge in [-0.15, -0.1) is 0 Å². The van der Waals surface area contributed by atoms with Crippen LogP contribution in [0.25, 0.3) is 0 Å². The third-order valence-corrected chi connectivity index (χ3v) is 5.75. The molecule has 2 amide bonds. The van der Waals surface area contributed by atoms with Gasteiger partial charge < -0.3 is 10.1 Å². The summed E-state index contributed by atoms with van der Waals surface area (Å²) in [6.07, 6.45) is 1.38. The summed E-state index contributed by atoms with van der Waals surface area (Å²) in [6, 6.07) is 27.5. The average Bonchev–Trinajstić information content (AvgIpc) is 2.90. The van der Waals surface area contributed by atoms with E-state index in [1.54, 1.807) is 84.9 Å². The van der Waals surface area contributed by atoms with E-state index in [-0.39, 0.29) is 17.2 Å². The van der Waals surface area contributed by atoms with Gasteiger partial charge in [-0.3, -0.25) is 9.59 Å². The molecule has 0 aliphatic heterocycles. The Balaban J connectivity index is 1.47. The SMILES string of the molecule is Cc1cccc(C(=O)Nc2ccccc2C(=O)N/N=C\c2cc(Br)ccc2OC(=O)c2ccccc2)c1. The second kappa shape index (κ2) is 11.9. The predicted molar refractivity (Wildman–Crippen MR) is 146 cm³/mol. The molecule has 0 aliphatic rings. The Morgan fingerprint density at radius 2 is 1.54 bits per heavy atom. The number of nitrogens with zero attached hydrogens (tertiary/aromatic N) is 1. The summed E-state index contributed by atoms with van der Waals surface area (Å²) in [7, 11) is 0. The van der Waals surface area contributed by atoms with E-state index in [0.717, 1.165) is 10.0 Å². The van der Waals surface area contributed by atoms with Crippen LogP contribution < -0.4 is 15.5 Å². The molecule has 0 heterocycles. The van der Waals surface area contributed by atoms with Gasteiger partial charge in [-0.25, -0.2) is 10.2 Å². The van der Waals surface area contributed by atoms with E-state index in [0.29, 0.717) is 22.4 Å². The van der Waals surface area contributed by atoms with E-state index in [4.69, 9.17) is 4.74 Å². The summed E-state index contributed by atoms with van der Waals surface area (Å²) in [5, 5.41) is 6.82. The molecule has 0 aromatic heterocycles. The van der Waals surface area contributed by atoms with Gasteiger partial charge in [-0.2, -0.15) is 5.10 Å².